The number of hydrogen-bond donors (Lipinski definition) is 2. The zero-order chi connectivity index (χ0) is 12.3. The minimum Gasteiger partial charge on any atom is -0.369 e. The molecule has 0 aliphatic rings. The summed E-state index contributed by atoms with van der Waals surface area (Å²) in [6.07, 6.45) is 0. The molecule has 88 valence electrons. The van der Waals surface area contributed by atoms with Gasteiger partial charge in [0.05, 0.1) is 0 Å². The fraction of sp³-hybridized carbons (Fsp3) is 0.154. The van der Waals surface area contributed by atoms with Gasteiger partial charge < -0.3 is 11.1 Å². The number of para-hydroxylation sites is 1. The SMILES string of the molecule is Cc1ccsc1C(Nc1ccccc1)C(N)=O. The smallest absolute Gasteiger partial charge is 0.245 e. The van der Waals surface area contributed by atoms with E-state index in [0.29, 0.717) is 0 Å². The molecular formula is C13H14N2OS. The Hall–Kier alpha value is -1.81. The quantitative estimate of drug-likeness (QED) is 0.871. The van der Waals surface area contributed by atoms with Crippen molar-refractivity contribution in [2.75, 3.05) is 5.32 Å². The Balaban J connectivity index is 2.26. The molecule has 1 aromatic carbocycles. The van der Waals surface area contributed by atoms with E-state index in [2.05, 4.69) is 5.32 Å². The van der Waals surface area contributed by atoms with Crippen LogP contribution < -0.4 is 11.1 Å². The van der Waals surface area contributed by atoms with Crippen LogP contribution in [0, 0.1) is 6.92 Å². The monoisotopic (exact) mass is 246 g/mol. The normalized spacial score (nSPS) is 12.1. The fourth-order valence-electron chi connectivity index (χ4n) is 1.65. The number of thiophene rings is 1. The summed E-state index contributed by atoms with van der Waals surface area (Å²) < 4.78 is 0. The fourth-order valence-corrected chi connectivity index (χ4v) is 2.63. The predicted octanol–water partition coefficient (Wildman–Crippen LogP) is 2.70. The highest BCUT2D eigenvalue weighted by atomic mass is 32.1. The van der Waals surface area contributed by atoms with Gasteiger partial charge in [0.25, 0.3) is 0 Å². The topological polar surface area (TPSA) is 55.1 Å². The Kier molecular flexibility index (Phi) is 3.44. The van der Waals surface area contributed by atoms with Crippen LogP contribution in [-0.4, -0.2) is 5.91 Å². The summed E-state index contributed by atoms with van der Waals surface area (Å²) in [5.41, 5.74) is 7.43. The third kappa shape index (κ3) is 2.65. The molecule has 17 heavy (non-hydrogen) atoms. The van der Waals surface area contributed by atoms with Crippen molar-refractivity contribution in [3.8, 4) is 0 Å². The Morgan fingerprint density at radius 1 is 1.29 bits per heavy atom. The van der Waals surface area contributed by atoms with Gasteiger partial charge in [0.1, 0.15) is 6.04 Å². The average Bonchev–Trinajstić information content (AvgIpc) is 2.73. The lowest BCUT2D eigenvalue weighted by molar-refractivity contribution is -0.118. The van der Waals surface area contributed by atoms with Crippen molar-refractivity contribution in [3.63, 3.8) is 0 Å². The van der Waals surface area contributed by atoms with E-state index in [9.17, 15) is 4.79 Å². The Labute approximate surface area is 104 Å². The first-order chi connectivity index (χ1) is 8.18. The van der Waals surface area contributed by atoms with Crippen molar-refractivity contribution < 1.29 is 4.79 Å². The number of carbonyl (C=O) groups excluding carboxylic acids is 1. The lowest BCUT2D eigenvalue weighted by Gasteiger charge is -2.16. The molecule has 4 heteroatoms. The summed E-state index contributed by atoms with van der Waals surface area (Å²) in [6.45, 7) is 1.98. The minimum atomic E-state index is -0.461. The van der Waals surface area contributed by atoms with Gasteiger partial charge in [-0.05, 0) is 36.1 Å². The second-order valence-electron chi connectivity index (χ2n) is 3.81. The molecule has 0 bridgehead atoms. The van der Waals surface area contributed by atoms with E-state index in [-0.39, 0.29) is 5.91 Å². The maximum absolute atomic E-state index is 11.5. The summed E-state index contributed by atoms with van der Waals surface area (Å²) in [7, 11) is 0. The van der Waals surface area contributed by atoms with Crippen LogP contribution >= 0.6 is 11.3 Å². The van der Waals surface area contributed by atoms with Crippen LogP contribution in [0.5, 0.6) is 0 Å². The Morgan fingerprint density at radius 2 is 2.00 bits per heavy atom. The highest BCUT2D eigenvalue weighted by Gasteiger charge is 2.20. The molecule has 1 heterocycles. The number of hydrogen-bond acceptors (Lipinski definition) is 3. The molecule has 2 rings (SSSR count). The van der Waals surface area contributed by atoms with Crippen LogP contribution in [-0.2, 0) is 4.79 Å². The number of anilines is 1. The van der Waals surface area contributed by atoms with Gasteiger partial charge in [-0.1, -0.05) is 18.2 Å². The van der Waals surface area contributed by atoms with E-state index in [1.165, 1.54) is 0 Å². The van der Waals surface area contributed by atoms with Crippen LogP contribution in [0.3, 0.4) is 0 Å². The lowest BCUT2D eigenvalue weighted by atomic mass is 10.1. The van der Waals surface area contributed by atoms with E-state index < -0.39 is 6.04 Å². The molecule has 0 aliphatic carbocycles. The summed E-state index contributed by atoms with van der Waals surface area (Å²) in [5.74, 6) is -0.362. The number of nitrogens with two attached hydrogens (primary N) is 1. The first-order valence-electron chi connectivity index (χ1n) is 5.33. The molecule has 1 amide bonds. The first kappa shape index (κ1) is 11.7. The third-order valence-electron chi connectivity index (χ3n) is 2.53. The summed E-state index contributed by atoms with van der Waals surface area (Å²) in [5, 5.41) is 5.12. The van der Waals surface area contributed by atoms with Crippen molar-refractivity contribution in [2.45, 2.75) is 13.0 Å². The zero-order valence-corrected chi connectivity index (χ0v) is 10.3. The van der Waals surface area contributed by atoms with Crippen LogP contribution in [0.1, 0.15) is 16.5 Å². The molecular weight excluding hydrogens is 232 g/mol. The van der Waals surface area contributed by atoms with Crippen molar-refractivity contribution in [1.82, 2.24) is 0 Å². The van der Waals surface area contributed by atoms with Gasteiger partial charge in [-0.2, -0.15) is 0 Å². The van der Waals surface area contributed by atoms with Crippen molar-refractivity contribution in [3.05, 3.63) is 52.2 Å². The van der Waals surface area contributed by atoms with Crippen LogP contribution in [0.25, 0.3) is 0 Å². The molecule has 0 saturated heterocycles. The van der Waals surface area contributed by atoms with E-state index in [1.54, 1.807) is 11.3 Å². The molecule has 0 saturated carbocycles. The maximum Gasteiger partial charge on any atom is 0.245 e. The van der Waals surface area contributed by atoms with Crippen molar-refractivity contribution in [2.24, 2.45) is 5.73 Å². The second-order valence-corrected chi connectivity index (χ2v) is 4.76. The van der Waals surface area contributed by atoms with Crippen LogP contribution in [0.4, 0.5) is 5.69 Å². The average molecular weight is 246 g/mol. The summed E-state index contributed by atoms with van der Waals surface area (Å²) >= 11 is 1.54. The molecule has 1 unspecified atom stereocenters. The molecule has 0 spiro atoms. The molecule has 0 fully saturated rings. The van der Waals surface area contributed by atoms with Crippen LogP contribution in [0.2, 0.25) is 0 Å². The number of nitrogens with one attached hydrogen (secondary N) is 1. The highest BCUT2D eigenvalue weighted by Crippen LogP contribution is 2.26. The minimum absolute atomic E-state index is 0.362. The molecule has 1 atom stereocenters. The number of benzene rings is 1. The molecule has 3 nitrogen and oxygen atoms in total. The summed E-state index contributed by atoms with van der Waals surface area (Å²) in [4.78, 5) is 12.5. The van der Waals surface area contributed by atoms with E-state index in [4.69, 9.17) is 5.73 Å². The van der Waals surface area contributed by atoms with Gasteiger partial charge in [0.2, 0.25) is 5.91 Å². The van der Waals surface area contributed by atoms with E-state index in [1.807, 2.05) is 48.7 Å². The van der Waals surface area contributed by atoms with Crippen molar-refractivity contribution in [1.29, 1.82) is 0 Å². The van der Waals surface area contributed by atoms with Crippen molar-refractivity contribution >= 4 is 22.9 Å². The van der Waals surface area contributed by atoms with E-state index in [0.717, 1.165) is 16.1 Å². The molecule has 0 aliphatic heterocycles. The highest BCUT2D eigenvalue weighted by molar-refractivity contribution is 7.10. The number of aryl methyl sites for hydroxylation is 1. The van der Waals surface area contributed by atoms with Gasteiger partial charge in [-0.25, -0.2) is 0 Å². The van der Waals surface area contributed by atoms with Gasteiger partial charge in [0, 0.05) is 10.6 Å². The largest absolute Gasteiger partial charge is 0.369 e. The summed E-state index contributed by atoms with van der Waals surface area (Å²) in [6, 6.07) is 11.1. The Bertz CT molecular complexity index is 507. The van der Waals surface area contributed by atoms with Gasteiger partial charge in [-0.15, -0.1) is 11.3 Å². The number of rotatable bonds is 4. The van der Waals surface area contributed by atoms with E-state index >= 15 is 0 Å². The molecule has 0 radical (unpaired) electrons. The lowest BCUT2D eigenvalue weighted by Crippen LogP contribution is -2.27. The third-order valence-corrected chi connectivity index (χ3v) is 3.62. The molecule has 1 aromatic heterocycles. The number of amides is 1. The predicted molar refractivity (Wildman–Crippen MR) is 71.1 cm³/mol. The number of carbonyl (C=O) groups is 1. The van der Waals surface area contributed by atoms with Gasteiger partial charge in [0.15, 0.2) is 0 Å². The standard InChI is InChI=1S/C13H14N2OS/c1-9-7-8-17-12(9)11(13(14)16)15-10-5-3-2-4-6-10/h2-8,11,15H,1H3,(H2,14,16). The van der Waals surface area contributed by atoms with Gasteiger partial charge >= 0.3 is 0 Å². The first-order valence-corrected chi connectivity index (χ1v) is 6.21. The maximum atomic E-state index is 11.5. The van der Waals surface area contributed by atoms with Gasteiger partial charge in [-0.3, -0.25) is 4.79 Å². The number of primary amides is 1. The Morgan fingerprint density at radius 3 is 2.53 bits per heavy atom. The zero-order valence-electron chi connectivity index (χ0n) is 9.51. The molecule has 2 aromatic rings. The molecule has 3 N–H and O–H groups in total. The van der Waals surface area contributed by atoms with Crippen LogP contribution in [0.15, 0.2) is 41.8 Å². The second kappa shape index (κ2) is 5.01.